The first-order valence-electron chi connectivity index (χ1n) is 31.1. The molecule has 17 rings (SSSR count). The highest BCUT2D eigenvalue weighted by molar-refractivity contribution is 9.10. The number of benzene rings is 16. The summed E-state index contributed by atoms with van der Waals surface area (Å²) in [6.45, 7) is 8.45. The normalized spacial score (nSPS) is 13.5. The van der Waals surface area contributed by atoms with Crippen LogP contribution < -0.4 is 5.46 Å². The SMILES string of the molecule is Brc1ccc(-c2cccc3ccccc23)cc1.CC1(C)OB(c2c3ccccc3c(-c3cccc4ccccc34)c3ccccc23)OC1(C)C.[HH].[HH].[HH].[HH].[HH].c1ccc2c(-c3ccc(-c4c5ccccc5c(-c5cccc6ccccc56)c5ccccc45)cc3)cccc2c1. The van der Waals surface area contributed by atoms with Crippen LogP contribution in [-0.4, -0.2) is 18.3 Å². The zero-order chi connectivity index (χ0) is 60.9. The van der Waals surface area contributed by atoms with Gasteiger partial charge in [-0.3, -0.25) is 0 Å². The molecule has 0 aromatic heterocycles. The van der Waals surface area contributed by atoms with Gasteiger partial charge in [0.05, 0.1) is 11.2 Å². The van der Waals surface area contributed by atoms with Crippen LogP contribution in [0, 0.1) is 0 Å². The largest absolute Gasteiger partial charge is 0.496 e. The topological polar surface area (TPSA) is 18.5 Å². The van der Waals surface area contributed by atoms with Crippen LogP contribution in [0.5, 0.6) is 0 Å². The quantitative estimate of drug-likeness (QED) is 0.122. The molecule has 2 nitrogen and oxygen atoms in total. The van der Waals surface area contributed by atoms with Crippen molar-refractivity contribution in [2.75, 3.05) is 0 Å². The van der Waals surface area contributed by atoms with E-state index in [4.69, 9.17) is 9.31 Å². The van der Waals surface area contributed by atoms with Crippen molar-refractivity contribution in [2.24, 2.45) is 0 Å². The summed E-state index contributed by atoms with van der Waals surface area (Å²) >= 11 is 3.47. The fourth-order valence-corrected chi connectivity index (χ4v) is 13.9. The Labute approximate surface area is 542 Å². The van der Waals surface area contributed by atoms with Crippen molar-refractivity contribution >= 4 is 115 Å². The minimum Gasteiger partial charge on any atom is -0.399 e. The first-order valence-corrected chi connectivity index (χ1v) is 31.9. The third-order valence-corrected chi connectivity index (χ3v) is 19.3. The van der Waals surface area contributed by atoms with Crippen molar-refractivity contribution in [3.8, 4) is 55.6 Å². The molecule has 0 saturated carbocycles. The first kappa shape index (κ1) is 56.6. The van der Waals surface area contributed by atoms with Gasteiger partial charge in [-0.25, -0.2) is 0 Å². The summed E-state index contributed by atoms with van der Waals surface area (Å²) in [6, 6.07) is 113. The molecule has 1 fully saturated rings. The van der Waals surface area contributed by atoms with Gasteiger partial charge in [0.1, 0.15) is 0 Å². The summed E-state index contributed by atoms with van der Waals surface area (Å²) in [5.74, 6) is 0. The van der Waals surface area contributed by atoms with Crippen molar-refractivity contribution < 1.29 is 16.4 Å². The molecule has 0 spiro atoms. The molecule has 1 aliphatic heterocycles. The van der Waals surface area contributed by atoms with Crippen molar-refractivity contribution in [1.82, 2.24) is 0 Å². The molecule has 0 atom stereocenters. The van der Waals surface area contributed by atoms with Crippen LogP contribution in [0.4, 0.5) is 0 Å². The molecule has 1 heterocycles. The number of fused-ring (bicyclic) bond motifs is 8. The Balaban J connectivity index is 0.000000162. The molecule has 90 heavy (non-hydrogen) atoms. The van der Waals surface area contributed by atoms with Crippen LogP contribution in [0.1, 0.15) is 34.8 Å². The molecule has 16 aromatic rings. The second-order valence-corrected chi connectivity index (χ2v) is 25.4. The molecule has 0 amide bonds. The van der Waals surface area contributed by atoms with E-state index in [0.29, 0.717) is 0 Å². The van der Waals surface area contributed by atoms with Crippen LogP contribution in [-0.2, 0) is 9.31 Å². The van der Waals surface area contributed by atoms with E-state index in [1.807, 2.05) is 0 Å². The number of hydrogen-bond acceptors (Lipinski definition) is 2. The molecule has 440 valence electrons. The molecule has 0 bridgehead atoms. The van der Waals surface area contributed by atoms with E-state index in [2.05, 4.69) is 359 Å². The van der Waals surface area contributed by atoms with E-state index in [0.717, 1.165) is 9.94 Å². The van der Waals surface area contributed by atoms with Gasteiger partial charge in [-0.05, 0) is 187 Å². The minimum atomic E-state index is -0.425. The van der Waals surface area contributed by atoms with Gasteiger partial charge in [-0.2, -0.15) is 0 Å². The Kier molecular flexibility index (Phi) is 14.8. The third-order valence-electron chi connectivity index (χ3n) is 18.7. The lowest BCUT2D eigenvalue weighted by molar-refractivity contribution is 0.00578. The second kappa shape index (κ2) is 23.5. The van der Waals surface area contributed by atoms with E-state index in [1.54, 1.807) is 0 Å². The Morgan fingerprint density at radius 1 is 0.244 bits per heavy atom. The molecule has 4 heteroatoms. The van der Waals surface area contributed by atoms with Crippen LogP contribution in [0.3, 0.4) is 0 Å². The molecule has 1 saturated heterocycles. The maximum atomic E-state index is 6.56. The van der Waals surface area contributed by atoms with Crippen molar-refractivity contribution in [3.63, 3.8) is 0 Å². The number of hydrogen-bond donors (Lipinski definition) is 0. The summed E-state index contributed by atoms with van der Waals surface area (Å²) in [5, 5.41) is 20.1. The summed E-state index contributed by atoms with van der Waals surface area (Å²) in [5.41, 5.74) is 13.0. The highest BCUT2D eigenvalue weighted by Gasteiger charge is 2.52. The average molecular weight is 1230 g/mol. The smallest absolute Gasteiger partial charge is 0.399 e. The van der Waals surface area contributed by atoms with E-state index < -0.39 is 18.3 Å². The second-order valence-electron chi connectivity index (χ2n) is 24.5. The first-order chi connectivity index (χ1) is 44.1. The summed E-state index contributed by atoms with van der Waals surface area (Å²) in [4.78, 5) is 0. The minimum absolute atomic E-state index is 0. The lowest BCUT2D eigenvalue weighted by Gasteiger charge is -2.32. The molecule has 0 radical (unpaired) electrons. The van der Waals surface area contributed by atoms with Crippen LogP contribution >= 0.6 is 15.9 Å². The molecule has 1 aliphatic rings. The zero-order valence-electron chi connectivity index (χ0n) is 50.8. The predicted molar refractivity (Wildman–Crippen MR) is 401 cm³/mol. The summed E-state index contributed by atoms with van der Waals surface area (Å²) in [7, 11) is -0.425. The van der Waals surface area contributed by atoms with Crippen molar-refractivity contribution in [2.45, 2.75) is 38.9 Å². The number of rotatable bonds is 6. The summed E-state index contributed by atoms with van der Waals surface area (Å²) < 4.78 is 14.2. The van der Waals surface area contributed by atoms with Crippen molar-refractivity contribution in [3.05, 3.63) is 320 Å². The van der Waals surface area contributed by atoms with E-state index in [1.165, 1.54) is 142 Å². The zero-order valence-corrected chi connectivity index (χ0v) is 52.4. The fraction of sp³-hybridized carbons (Fsp3) is 0.0698. The highest BCUT2D eigenvalue weighted by Crippen LogP contribution is 2.47. The van der Waals surface area contributed by atoms with Gasteiger partial charge in [-0.1, -0.05) is 319 Å². The van der Waals surface area contributed by atoms with Gasteiger partial charge < -0.3 is 9.31 Å². The lowest BCUT2D eigenvalue weighted by Crippen LogP contribution is -2.41. The van der Waals surface area contributed by atoms with Crippen molar-refractivity contribution in [1.29, 1.82) is 0 Å². The maximum absolute atomic E-state index is 6.56. The lowest BCUT2D eigenvalue weighted by atomic mass is 9.71. The highest BCUT2D eigenvalue weighted by atomic mass is 79.9. The third kappa shape index (κ3) is 10.2. The van der Waals surface area contributed by atoms with Crippen LogP contribution in [0.15, 0.2) is 320 Å². The van der Waals surface area contributed by atoms with Crippen LogP contribution in [0.2, 0.25) is 0 Å². The van der Waals surface area contributed by atoms with Crippen LogP contribution in [0.25, 0.3) is 142 Å². The van der Waals surface area contributed by atoms with Gasteiger partial charge in [0.15, 0.2) is 0 Å². The van der Waals surface area contributed by atoms with Gasteiger partial charge >= 0.3 is 7.12 Å². The Morgan fingerprint density at radius 3 is 0.844 bits per heavy atom. The van der Waals surface area contributed by atoms with Gasteiger partial charge in [0, 0.05) is 11.6 Å². The van der Waals surface area contributed by atoms with E-state index in [9.17, 15) is 0 Å². The standard InChI is InChI=1S/C40H26.C30H27BO2.C16H11Br.5H2/c1-3-15-31-27(11-1)13-9-21-32(31)29-23-25-30(26-24-29)39-35-17-5-7-19-37(35)40(38-20-8-6-18-36(38)39)34-22-10-14-28-12-2-4-16-33(28)34;1-29(2)30(3,4)33-31(32-29)28-25-17-9-7-15-23(25)27(24-16-8-10-18-26(24)28)22-19-11-13-20-12-5-6-14-21(20)22;17-14-10-8-13(9-11-14)16-7-3-5-12-4-1-2-6-15(12)16;;;;;/h1-26H;5-19H,1-4H3;1-11H;5*1H. The van der Waals surface area contributed by atoms with Gasteiger partial charge in [0.25, 0.3) is 0 Å². The maximum Gasteiger partial charge on any atom is 0.496 e. The molecule has 16 aromatic carbocycles. The fourth-order valence-electron chi connectivity index (χ4n) is 13.7. The average Bonchev–Trinajstić information content (AvgIpc) is 1.64. The molecule has 0 unspecified atom stereocenters. The Bertz CT molecular complexity index is 5270. The molecule has 0 N–H and O–H groups in total. The Morgan fingerprint density at radius 2 is 0.489 bits per heavy atom. The van der Waals surface area contributed by atoms with Gasteiger partial charge in [0.2, 0.25) is 0 Å². The van der Waals surface area contributed by atoms with E-state index >= 15 is 0 Å². The monoisotopic (exact) mass is 1230 g/mol. The summed E-state index contributed by atoms with van der Waals surface area (Å²) in [6.07, 6.45) is 0. The Hall–Kier alpha value is -9.94. The molecule has 0 aliphatic carbocycles. The van der Waals surface area contributed by atoms with Gasteiger partial charge in [-0.15, -0.1) is 0 Å². The predicted octanol–water partition coefficient (Wildman–Crippen LogP) is 24.9. The molecular formula is C86H74BBrO2. The van der Waals surface area contributed by atoms with E-state index in [-0.39, 0.29) is 7.13 Å². The molecular weight excluding hydrogens is 1160 g/mol. The number of halogens is 1.